The van der Waals surface area contributed by atoms with E-state index in [1.54, 1.807) is 19.3 Å². The second kappa shape index (κ2) is 6.15. The maximum atomic E-state index is 5.89. The van der Waals surface area contributed by atoms with E-state index >= 15 is 0 Å². The number of nitrogens with zero attached hydrogens (tertiary/aromatic N) is 3. The Kier molecular flexibility index (Phi) is 4.51. The fourth-order valence-electron chi connectivity index (χ4n) is 1.70. The van der Waals surface area contributed by atoms with Gasteiger partial charge in [-0.1, -0.05) is 13.8 Å². The molecule has 20 heavy (non-hydrogen) atoms. The standard InChI is InChI=1S/C13H16BrN5O/c1-7(2)9-5-17-12(14)4-10(9)20-11-6-16-8(3)18-13(11)19-15/h4-7H,15H2,1-3H3,(H,16,18,19). The van der Waals surface area contributed by atoms with Crippen molar-refractivity contribution in [3.8, 4) is 11.5 Å². The van der Waals surface area contributed by atoms with Crippen molar-refractivity contribution in [1.82, 2.24) is 15.0 Å². The third kappa shape index (κ3) is 3.23. The Labute approximate surface area is 125 Å². The van der Waals surface area contributed by atoms with E-state index in [4.69, 9.17) is 10.6 Å². The minimum absolute atomic E-state index is 0.284. The fourth-order valence-corrected chi connectivity index (χ4v) is 2.01. The van der Waals surface area contributed by atoms with Crippen LogP contribution in [0, 0.1) is 6.92 Å². The number of pyridine rings is 1. The van der Waals surface area contributed by atoms with Crippen LogP contribution in [0.1, 0.15) is 31.2 Å². The summed E-state index contributed by atoms with van der Waals surface area (Å²) in [6.45, 7) is 5.93. The minimum Gasteiger partial charge on any atom is -0.451 e. The van der Waals surface area contributed by atoms with Crippen molar-refractivity contribution in [2.24, 2.45) is 5.84 Å². The van der Waals surface area contributed by atoms with Crippen molar-refractivity contribution < 1.29 is 4.74 Å². The predicted molar refractivity (Wildman–Crippen MR) is 80.7 cm³/mol. The van der Waals surface area contributed by atoms with Crippen molar-refractivity contribution in [2.75, 3.05) is 5.43 Å². The van der Waals surface area contributed by atoms with Crippen LogP contribution in [0.25, 0.3) is 0 Å². The summed E-state index contributed by atoms with van der Waals surface area (Å²) in [7, 11) is 0. The number of ether oxygens (including phenoxy) is 1. The SMILES string of the molecule is Cc1ncc(Oc2cc(Br)ncc2C(C)C)c(NN)n1. The molecule has 0 saturated carbocycles. The summed E-state index contributed by atoms with van der Waals surface area (Å²) in [5, 5.41) is 0. The summed E-state index contributed by atoms with van der Waals surface area (Å²) in [6, 6.07) is 1.81. The van der Waals surface area contributed by atoms with Crippen LogP contribution in [0.4, 0.5) is 5.82 Å². The molecule has 0 atom stereocenters. The zero-order chi connectivity index (χ0) is 14.7. The number of nitrogens with two attached hydrogens (primary N) is 1. The van der Waals surface area contributed by atoms with E-state index in [-0.39, 0.29) is 5.92 Å². The number of rotatable bonds is 4. The first-order valence-corrected chi connectivity index (χ1v) is 6.94. The highest BCUT2D eigenvalue weighted by atomic mass is 79.9. The van der Waals surface area contributed by atoms with Gasteiger partial charge in [-0.05, 0) is 28.8 Å². The van der Waals surface area contributed by atoms with Crippen LogP contribution in [0.2, 0.25) is 0 Å². The number of aryl methyl sites for hydroxylation is 1. The van der Waals surface area contributed by atoms with E-state index in [2.05, 4.69) is 50.2 Å². The molecule has 3 N–H and O–H groups in total. The van der Waals surface area contributed by atoms with E-state index in [9.17, 15) is 0 Å². The van der Waals surface area contributed by atoms with E-state index < -0.39 is 0 Å². The lowest BCUT2D eigenvalue weighted by atomic mass is 10.1. The summed E-state index contributed by atoms with van der Waals surface area (Å²) in [4.78, 5) is 12.5. The van der Waals surface area contributed by atoms with Gasteiger partial charge in [0.1, 0.15) is 16.2 Å². The molecule has 0 bridgehead atoms. The topological polar surface area (TPSA) is 86.0 Å². The summed E-state index contributed by atoms with van der Waals surface area (Å²) in [5.74, 6) is 7.97. The molecule has 106 valence electrons. The zero-order valence-electron chi connectivity index (χ0n) is 11.5. The highest BCUT2D eigenvalue weighted by molar-refractivity contribution is 9.10. The highest BCUT2D eigenvalue weighted by Crippen LogP contribution is 2.33. The molecule has 0 amide bonds. The van der Waals surface area contributed by atoms with Crippen LogP contribution in [-0.4, -0.2) is 15.0 Å². The number of anilines is 1. The van der Waals surface area contributed by atoms with Gasteiger partial charge in [0.25, 0.3) is 0 Å². The molecule has 0 saturated heterocycles. The molecule has 0 aliphatic rings. The van der Waals surface area contributed by atoms with Crippen LogP contribution in [0.5, 0.6) is 11.5 Å². The number of nitrogen functional groups attached to an aromatic ring is 1. The predicted octanol–water partition coefficient (Wildman–Crippen LogP) is 3.14. The fraction of sp³-hybridized carbons (Fsp3) is 0.308. The lowest BCUT2D eigenvalue weighted by molar-refractivity contribution is 0.468. The average Bonchev–Trinajstić information content (AvgIpc) is 2.40. The lowest BCUT2D eigenvalue weighted by Crippen LogP contribution is -2.11. The normalized spacial score (nSPS) is 10.7. The molecule has 0 aliphatic heterocycles. The lowest BCUT2D eigenvalue weighted by Gasteiger charge is -2.15. The average molecular weight is 338 g/mol. The van der Waals surface area contributed by atoms with Crippen LogP contribution in [0.15, 0.2) is 23.1 Å². The van der Waals surface area contributed by atoms with E-state index in [0.717, 1.165) is 5.56 Å². The number of hydrazine groups is 1. The molecular formula is C13H16BrN5O. The maximum absolute atomic E-state index is 5.89. The van der Waals surface area contributed by atoms with Crippen molar-refractivity contribution >= 4 is 21.7 Å². The van der Waals surface area contributed by atoms with Crippen LogP contribution in [-0.2, 0) is 0 Å². The third-order valence-electron chi connectivity index (χ3n) is 2.72. The van der Waals surface area contributed by atoms with Gasteiger partial charge in [-0.25, -0.2) is 20.8 Å². The first kappa shape index (κ1) is 14.7. The van der Waals surface area contributed by atoms with Gasteiger partial charge in [0, 0.05) is 17.8 Å². The second-order valence-electron chi connectivity index (χ2n) is 4.58. The number of aromatic nitrogens is 3. The molecule has 2 aromatic rings. The van der Waals surface area contributed by atoms with Gasteiger partial charge in [0.15, 0.2) is 11.6 Å². The summed E-state index contributed by atoms with van der Waals surface area (Å²) in [5.41, 5.74) is 3.51. The molecule has 7 heteroatoms. The molecule has 0 unspecified atom stereocenters. The molecule has 2 aromatic heterocycles. The van der Waals surface area contributed by atoms with Crippen molar-refractivity contribution in [2.45, 2.75) is 26.7 Å². The van der Waals surface area contributed by atoms with Gasteiger partial charge >= 0.3 is 0 Å². The Balaban J connectivity index is 2.41. The Hall–Kier alpha value is -1.73. The number of hydrogen-bond acceptors (Lipinski definition) is 6. The molecular weight excluding hydrogens is 322 g/mol. The first-order valence-electron chi connectivity index (χ1n) is 6.14. The van der Waals surface area contributed by atoms with Crippen LogP contribution < -0.4 is 16.0 Å². The van der Waals surface area contributed by atoms with Gasteiger partial charge in [0.2, 0.25) is 0 Å². The largest absolute Gasteiger partial charge is 0.451 e. The van der Waals surface area contributed by atoms with Gasteiger partial charge in [-0.2, -0.15) is 0 Å². The van der Waals surface area contributed by atoms with Crippen molar-refractivity contribution in [1.29, 1.82) is 0 Å². The highest BCUT2D eigenvalue weighted by Gasteiger charge is 2.13. The Morgan fingerprint density at radius 2 is 2.00 bits per heavy atom. The molecule has 2 heterocycles. The van der Waals surface area contributed by atoms with Crippen LogP contribution >= 0.6 is 15.9 Å². The minimum atomic E-state index is 0.284. The molecule has 0 aliphatic carbocycles. The van der Waals surface area contributed by atoms with E-state index in [1.807, 2.05) is 6.07 Å². The summed E-state index contributed by atoms with van der Waals surface area (Å²) >= 11 is 3.34. The van der Waals surface area contributed by atoms with E-state index in [1.165, 1.54) is 0 Å². The maximum Gasteiger partial charge on any atom is 0.189 e. The molecule has 0 spiro atoms. The zero-order valence-corrected chi connectivity index (χ0v) is 13.1. The third-order valence-corrected chi connectivity index (χ3v) is 3.15. The molecule has 0 radical (unpaired) electrons. The molecule has 0 aromatic carbocycles. The number of hydrogen-bond donors (Lipinski definition) is 2. The number of halogens is 1. The van der Waals surface area contributed by atoms with Crippen molar-refractivity contribution in [3.05, 3.63) is 34.5 Å². The second-order valence-corrected chi connectivity index (χ2v) is 5.39. The van der Waals surface area contributed by atoms with Gasteiger partial charge in [-0.15, -0.1) is 0 Å². The number of nitrogens with one attached hydrogen (secondary N) is 1. The summed E-state index contributed by atoms with van der Waals surface area (Å²) < 4.78 is 6.59. The van der Waals surface area contributed by atoms with Crippen LogP contribution in [0.3, 0.4) is 0 Å². The Bertz CT molecular complexity index is 618. The van der Waals surface area contributed by atoms with Gasteiger partial charge < -0.3 is 10.2 Å². The van der Waals surface area contributed by atoms with Crippen molar-refractivity contribution in [3.63, 3.8) is 0 Å². The summed E-state index contributed by atoms with van der Waals surface area (Å²) in [6.07, 6.45) is 3.38. The monoisotopic (exact) mass is 337 g/mol. The van der Waals surface area contributed by atoms with Gasteiger partial charge in [-0.3, -0.25) is 0 Å². The van der Waals surface area contributed by atoms with Gasteiger partial charge in [0.05, 0.1) is 6.20 Å². The Morgan fingerprint density at radius 1 is 1.25 bits per heavy atom. The molecule has 2 rings (SSSR count). The first-order chi connectivity index (χ1) is 9.51. The molecule has 6 nitrogen and oxygen atoms in total. The molecule has 0 fully saturated rings. The Morgan fingerprint density at radius 3 is 2.65 bits per heavy atom. The smallest absolute Gasteiger partial charge is 0.189 e. The quantitative estimate of drug-likeness (QED) is 0.506. The van der Waals surface area contributed by atoms with E-state index in [0.29, 0.717) is 27.7 Å².